The molecule has 2 amide bonds. The van der Waals surface area contributed by atoms with E-state index >= 15 is 0 Å². The molecule has 0 spiro atoms. The molecule has 0 aliphatic rings. The molecule has 1 rings (SSSR count). The average Bonchev–Trinajstić information content (AvgIpc) is 2.83. The van der Waals surface area contributed by atoms with Crippen LogP contribution in [0.25, 0.3) is 0 Å². The smallest absolute Gasteiger partial charge is 0.404 e. The number of hydrogen-bond acceptors (Lipinski definition) is 5. The summed E-state index contributed by atoms with van der Waals surface area (Å²) in [6.45, 7) is 2.00. The largest absolute Gasteiger partial charge is 0.449 e. The first-order valence-electron chi connectivity index (χ1n) is 5.37. The Morgan fingerprint density at radius 1 is 1.28 bits per heavy atom. The molecule has 0 aromatic carbocycles. The standard InChI is InChI=1S/C11H16N2O4S/c1-2-11(6-16-9(12)14,7-17-10(13)15)8-3-4-18-5-8/h3-5H,2,6-7H2,1H3,(H2,12,14)(H2,13,15). The first-order valence-corrected chi connectivity index (χ1v) is 6.31. The van der Waals surface area contributed by atoms with E-state index in [1.54, 1.807) is 0 Å². The van der Waals surface area contributed by atoms with Gasteiger partial charge in [-0.15, -0.1) is 0 Å². The fourth-order valence-electron chi connectivity index (χ4n) is 1.60. The van der Waals surface area contributed by atoms with Crippen molar-refractivity contribution in [2.24, 2.45) is 11.5 Å². The SMILES string of the molecule is CCC(COC(N)=O)(COC(N)=O)c1ccsc1. The Labute approximate surface area is 109 Å². The van der Waals surface area contributed by atoms with E-state index in [1.807, 2.05) is 23.8 Å². The first-order chi connectivity index (χ1) is 8.50. The van der Waals surface area contributed by atoms with Crippen LogP contribution in [0.5, 0.6) is 0 Å². The van der Waals surface area contributed by atoms with Crippen molar-refractivity contribution in [3.8, 4) is 0 Å². The number of carbonyl (C=O) groups is 2. The van der Waals surface area contributed by atoms with Crippen LogP contribution >= 0.6 is 11.3 Å². The third-order valence-corrected chi connectivity index (χ3v) is 3.48. The van der Waals surface area contributed by atoms with E-state index in [2.05, 4.69) is 0 Å². The molecule has 7 heteroatoms. The molecule has 0 fully saturated rings. The summed E-state index contributed by atoms with van der Waals surface area (Å²) < 4.78 is 9.73. The fraction of sp³-hybridized carbons (Fsp3) is 0.455. The summed E-state index contributed by atoms with van der Waals surface area (Å²) in [6, 6.07) is 1.89. The van der Waals surface area contributed by atoms with Crippen LogP contribution < -0.4 is 11.5 Å². The summed E-state index contributed by atoms with van der Waals surface area (Å²) in [5.74, 6) is 0. The molecule has 0 aliphatic heterocycles. The van der Waals surface area contributed by atoms with Gasteiger partial charge >= 0.3 is 12.2 Å². The Morgan fingerprint density at radius 3 is 2.17 bits per heavy atom. The number of primary amides is 2. The molecule has 100 valence electrons. The van der Waals surface area contributed by atoms with Crippen molar-refractivity contribution in [2.75, 3.05) is 13.2 Å². The number of thiophene rings is 1. The predicted octanol–water partition coefficient (Wildman–Crippen LogP) is 1.59. The Kier molecular flexibility index (Phi) is 4.96. The van der Waals surface area contributed by atoms with E-state index in [-0.39, 0.29) is 13.2 Å². The van der Waals surface area contributed by atoms with Crippen LogP contribution in [-0.2, 0) is 14.9 Å². The van der Waals surface area contributed by atoms with Crippen LogP contribution in [0.4, 0.5) is 9.59 Å². The van der Waals surface area contributed by atoms with Crippen molar-refractivity contribution in [1.82, 2.24) is 0 Å². The molecule has 0 unspecified atom stereocenters. The van der Waals surface area contributed by atoms with Crippen molar-refractivity contribution in [1.29, 1.82) is 0 Å². The second-order valence-electron chi connectivity index (χ2n) is 3.86. The number of rotatable bonds is 6. The molecule has 0 radical (unpaired) electrons. The van der Waals surface area contributed by atoms with Crippen LogP contribution in [0.15, 0.2) is 16.8 Å². The topological polar surface area (TPSA) is 105 Å². The summed E-state index contributed by atoms with van der Waals surface area (Å²) in [7, 11) is 0. The van der Waals surface area contributed by atoms with Crippen molar-refractivity contribution in [3.63, 3.8) is 0 Å². The zero-order chi connectivity index (χ0) is 13.6. The van der Waals surface area contributed by atoms with E-state index in [4.69, 9.17) is 20.9 Å². The number of carbonyl (C=O) groups excluding carboxylic acids is 2. The molecule has 1 aromatic rings. The van der Waals surface area contributed by atoms with E-state index in [1.165, 1.54) is 11.3 Å². The predicted molar refractivity (Wildman–Crippen MR) is 67.4 cm³/mol. The summed E-state index contributed by atoms with van der Waals surface area (Å²) in [6.07, 6.45) is -1.10. The van der Waals surface area contributed by atoms with Crippen LogP contribution in [-0.4, -0.2) is 25.4 Å². The van der Waals surface area contributed by atoms with Crippen LogP contribution in [0.1, 0.15) is 18.9 Å². The second kappa shape index (κ2) is 6.25. The van der Waals surface area contributed by atoms with Gasteiger partial charge in [-0.2, -0.15) is 11.3 Å². The lowest BCUT2D eigenvalue weighted by atomic mass is 9.81. The number of hydrogen-bond donors (Lipinski definition) is 2. The summed E-state index contributed by atoms with van der Waals surface area (Å²) >= 11 is 1.51. The summed E-state index contributed by atoms with van der Waals surface area (Å²) in [5.41, 5.74) is 10.3. The average molecular weight is 272 g/mol. The van der Waals surface area contributed by atoms with Gasteiger partial charge in [-0.05, 0) is 28.8 Å². The molecule has 0 saturated heterocycles. The molecule has 18 heavy (non-hydrogen) atoms. The van der Waals surface area contributed by atoms with E-state index in [0.29, 0.717) is 6.42 Å². The zero-order valence-electron chi connectivity index (χ0n) is 10.0. The third kappa shape index (κ3) is 3.63. The molecule has 0 bridgehead atoms. The Bertz CT molecular complexity index is 387. The normalized spacial score (nSPS) is 10.9. The fourth-order valence-corrected chi connectivity index (χ4v) is 2.38. The highest BCUT2D eigenvalue weighted by Gasteiger charge is 2.34. The maximum Gasteiger partial charge on any atom is 0.404 e. The van der Waals surface area contributed by atoms with Gasteiger partial charge in [0.25, 0.3) is 0 Å². The monoisotopic (exact) mass is 272 g/mol. The van der Waals surface area contributed by atoms with Gasteiger partial charge in [0.1, 0.15) is 13.2 Å². The zero-order valence-corrected chi connectivity index (χ0v) is 10.9. The van der Waals surface area contributed by atoms with Gasteiger partial charge in [-0.1, -0.05) is 6.92 Å². The van der Waals surface area contributed by atoms with Crippen LogP contribution in [0.2, 0.25) is 0 Å². The minimum absolute atomic E-state index is 0.0445. The number of nitrogens with two attached hydrogens (primary N) is 2. The van der Waals surface area contributed by atoms with E-state index in [0.717, 1.165) is 5.56 Å². The first kappa shape index (κ1) is 14.3. The van der Waals surface area contributed by atoms with Crippen LogP contribution in [0.3, 0.4) is 0 Å². The van der Waals surface area contributed by atoms with Gasteiger partial charge in [-0.25, -0.2) is 9.59 Å². The maximum atomic E-state index is 10.7. The third-order valence-electron chi connectivity index (χ3n) is 2.79. The summed E-state index contributed by atoms with van der Waals surface area (Å²) in [4.78, 5) is 21.5. The molecule has 0 atom stereocenters. The van der Waals surface area contributed by atoms with Crippen LogP contribution in [0, 0.1) is 0 Å². The maximum absolute atomic E-state index is 10.7. The van der Waals surface area contributed by atoms with E-state index in [9.17, 15) is 9.59 Å². The van der Waals surface area contributed by atoms with Gasteiger partial charge < -0.3 is 20.9 Å². The lowest BCUT2D eigenvalue weighted by Gasteiger charge is -2.30. The minimum atomic E-state index is -0.859. The highest BCUT2D eigenvalue weighted by Crippen LogP contribution is 2.30. The molecular weight excluding hydrogens is 256 g/mol. The molecule has 6 nitrogen and oxygen atoms in total. The highest BCUT2D eigenvalue weighted by molar-refractivity contribution is 7.08. The van der Waals surface area contributed by atoms with Gasteiger partial charge in [0, 0.05) is 0 Å². The Hall–Kier alpha value is -1.76. The molecule has 4 N–H and O–H groups in total. The van der Waals surface area contributed by atoms with Gasteiger partial charge in [0.15, 0.2) is 0 Å². The molecule has 1 aromatic heterocycles. The Morgan fingerprint density at radius 2 is 1.83 bits per heavy atom. The molecule has 1 heterocycles. The van der Waals surface area contributed by atoms with Gasteiger partial charge in [-0.3, -0.25) is 0 Å². The molecule has 0 saturated carbocycles. The van der Waals surface area contributed by atoms with Gasteiger partial charge in [0.2, 0.25) is 0 Å². The van der Waals surface area contributed by atoms with Crippen molar-refractivity contribution in [3.05, 3.63) is 22.4 Å². The summed E-state index contributed by atoms with van der Waals surface area (Å²) in [5, 5.41) is 3.81. The molecule has 0 aliphatic carbocycles. The molecular formula is C11H16N2O4S. The van der Waals surface area contributed by atoms with Crippen molar-refractivity contribution in [2.45, 2.75) is 18.8 Å². The lowest BCUT2D eigenvalue weighted by Crippen LogP contribution is -2.39. The quantitative estimate of drug-likeness (QED) is 0.820. The number of amides is 2. The Balaban J connectivity index is 2.89. The van der Waals surface area contributed by atoms with Gasteiger partial charge in [0.05, 0.1) is 5.41 Å². The van der Waals surface area contributed by atoms with E-state index < -0.39 is 17.6 Å². The van der Waals surface area contributed by atoms with Crippen molar-refractivity contribution < 1.29 is 19.1 Å². The number of ether oxygens (including phenoxy) is 2. The lowest BCUT2D eigenvalue weighted by molar-refractivity contribution is 0.0722. The van der Waals surface area contributed by atoms with Crippen molar-refractivity contribution >= 4 is 23.5 Å². The second-order valence-corrected chi connectivity index (χ2v) is 4.64. The highest BCUT2D eigenvalue weighted by atomic mass is 32.1. The minimum Gasteiger partial charge on any atom is -0.449 e.